The molecule has 2 N–H and O–H groups in total. The van der Waals surface area contributed by atoms with Crippen LogP contribution >= 0.6 is 0 Å². The van der Waals surface area contributed by atoms with Gasteiger partial charge < -0.3 is 15.1 Å². The molecule has 0 bridgehead atoms. The molecule has 4 heteroatoms. The lowest BCUT2D eigenvalue weighted by atomic mass is 10.0. The number of aliphatic hydroxyl groups excluding tert-OH is 2. The monoisotopic (exact) mass is 248 g/mol. The minimum absolute atomic E-state index is 0.137. The van der Waals surface area contributed by atoms with Crippen molar-refractivity contribution in [2.24, 2.45) is 0 Å². The Bertz CT molecular complexity index is 424. The van der Waals surface area contributed by atoms with E-state index in [2.05, 4.69) is 11.0 Å². The summed E-state index contributed by atoms with van der Waals surface area (Å²) in [7, 11) is 0. The van der Waals surface area contributed by atoms with Gasteiger partial charge in [0.25, 0.3) is 0 Å². The van der Waals surface area contributed by atoms with E-state index >= 15 is 0 Å². The highest BCUT2D eigenvalue weighted by Crippen LogP contribution is 2.27. The van der Waals surface area contributed by atoms with Gasteiger partial charge in [0, 0.05) is 30.9 Å². The number of benzene rings is 1. The Morgan fingerprint density at radius 1 is 1.44 bits per heavy atom. The van der Waals surface area contributed by atoms with E-state index in [-0.39, 0.29) is 6.61 Å². The zero-order valence-electron chi connectivity index (χ0n) is 10.9. The van der Waals surface area contributed by atoms with Gasteiger partial charge in [-0.1, -0.05) is 6.07 Å². The molecule has 0 saturated heterocycles. The Morgan fingerprint density at radius 3 is 2.67 bits per heavy atom. The van der Waals surface area contributed by atoms with E-state index in [4.69, 9.17) is 10.4 Å². The standard InChI is InChI=1S/C14H20N2O2/c1-3-16(7-4-8-17)14-9-12(10-15)5-6-13(14)11(2)18/h5-6,9,11,17-18H,3-4,7-8H2,1-2H3/t11-/m0/s1. The molecule has 1 atom stereocenters. The van der Waals surface area contributed by atoms with E-state index in [0.29, 0.717) is 18.5 Å². The molecule has 0 aliphatic rings. The second-order valence-electron chi connectivity index (χ2n) is 4.22. The van der Waals surface area contributed by atoms with Crippen LogP contribution in [0.2, 0.25) is 0 Å². The molecule has 0 aliphatic heterocycles. The first kappa shape index (κ1) is 14.5. The van der Waals surface area contributed by atoms with Crippen molar-refractivity contribution in [3.63, 3.8) is 0 Å². The van der Waals surface area contributed by atoms with Gasteiger partial charge in [-0.3, -0.25) is 0 Å². The summed E-state index contributed by atoms with van der Waals surface area (Å²) in [5.41, 5.74) is 2.27. The third-order valence-electron chi connectivity index (χ3n) is 2.92. The molecular formula is C14H20N2O2. The van der Waals surface area contributed by atoms with Crippen LogP contribution in [0.25, 0.3) is 0 Å². The van der Waals surface area contributed by atoms with E-state index in [0.717, 1.165) is 17.8 Å². The number of hydrogen-bond acceptors (Lipinski definition) is 4. The minimum atomic E-state index is -0.573. The first-order valence-electron chi connectivity index (χ1n) is 6.22. The van der Waals surface area contributed by atoms with Gasteiger partial charge in [0.05, 0.1) is 17.7 Å². The van der Waals surface area contributed by atoms with Crippen molar-refractivity contribution in [2.45, 2.75) is 26.4 Å². The largest absolute Gasteiger partial charge is 0.396 e. The van der Waals surface area contributed by atoms with Gasteiger partial charge in [-0.2, -0.15) is 5.26 Å². The molecule has 0 heterocycles. The van der Waals surface area contributed by atoms with Gasteiger partial charge >= 0.3 is 0 Å². The molecule has 0 saturated carbocycles. The molecule has 4 nitrogen and oxygen atoms in total. The van der Waals surface area contributed by atoms with E-state index in [1.165, 1.54) is 0 Å². The van der Waals surface area contributed by atoms with Gasteiger partial charge in [-0.25, -0.2) is 0 Å². The fraction of sp³-hybridized carbons (Fsp3) is 0.500. The number of nitrogens with zero attached hydrogens (tertiary/aromatic N) is 2. The van der Waals surface area contributed by atoms with Crippen LogP contribution < -0.4 is 4.90 Å². The van der Waals surface area contributed by atoms with Gasteiger partial charge in [-0.15, -0.1) is 0 Å². The first-order chi connectivity index (χ1) is 8.63. The Morgan fingerprint density at radius 2 is 2.17 bits per heavy atom. The Hall–Kier alpha value is -1.57. The molecule has 0 spiro atoms. The predicted octanol–water partition coefficient (Wildman–Crippen LogP) is 1.82. The fourth-order valence-electron chi connectivity index (χ4n) is 1.95. The molecule has 0 unspecified atom stereocenters. The molecular weight excluding hydrogens is 228 g/mol. The van der Waals surface area contributed by atoms with Crippen LogP contribution in [0.15, 0.2) is 18.2 Å². The maximum atomic E-state index is 9.78. The molecule has 0 amide bonds. The van der Waals surface area contributed by atoms with Gasteiger partial charge in [0.1, 0.15) is 0 Å². The normalized spacial score (nSPS) is 11.9. The number of rotatable bonds is 6. The maximum absolute atomic E-state index is 9.78. The topological polar surface area (TPSA) is 67.5 Å². The van der Waals surface area contributed by atoms with E-state index in [9.17, 15) is 5.11 Å². The highest BCUT2D eigenvalue weighted by molar-refractivity contribution is 5.58. The minimum Gasteiger partial charge on any atom is -0.396 e. The molecule has 0 aliphatic carbocycles. The van der Waals surface area contributed by atoms with Gasteiger partial charge in [0.2, 0.25) is 0 Å². The second-order valence-corrected chi connectivity index (χ2v) is 4.22. The van der Waals surface area contributed by atoms with E-state index in [1.807, 2.05) is 6.92 Å². The Balaban J connectivity index is 3.12. The van der Waals surface area contributed by atoms with Gasteiger partial charge in [0.15, 0.2) is 0 Å². The summed E-state index contributed by atoms with van der Waals surface area (Å²) in [6.07, 6.45) is 0.0973. The van der Waals surface area contributed by atoms with Crippen LogP contribution in [0.1, 0.15) is 37.5 Å². The lowest BCUT2D eigenvalue weighted by Gasteiger charge is -2.26. The average Bonchev–Trinajstić information content (AvgIpc) is 2.39. The quantitative estimate of drug-likeness (QED) is 0.806. The van der Waals surface area contributed by atoms with Crippen molar-refractivity contribution in [1.82, 2.24) is 0 Å². The Labute approximate surface area is 108 Å². The summed E-state index contributed by atoms with van der Waals surface area (Å²) < 4.78 is 0. The van der Waals surface area contributed by atoms with Crippen LogP contribution in [0.5, 0.6) is 0 Å². The molecule has 1 rings (SSSR count). The first-order valence-corrected chi connectivity index (χ1v) is 6.22. The number of anilines is 1. The van der Waals surface area contributed by atoms with Gasteiger partial charge in [-0.05, 0) is 32.4 Å². The Kier molecular flexibility index (Phi) is 5.63. The van der Waals surface area contributed by atoms with E-state index < -0.39 is 6.10 Å². The summed E-state index contributed by atoms with van der Waals surface area (Å²) in [6.45, 7) is 5.35. The van der Waals surface area contributed by atoms with Crippen molar-refractivity contribution in [3.05, 3.63) is 29.3 Å². The predicted molar refractivity (Wildman–Crippen MR) is 71.4 cm³/mol. The smallest absolute Gasteiger partial charge is 0.0992 e. The van der Waals surface area contributed by atoms with Crippen LogP contribution in [-0.4, -0.2) is 29.9 Å². The van der Waals surface area contributed by atoms with Crippen molar-refractivity contribution < 1.29 is 10.2 Å². The molecule has 18 heavy (non-hydrogen) atoms. The van der Waals surface area contributed by atoms with Crippen molar-refractivity contribution >= 4 is 5.69 Å². The number of nitriles is 1. The molecule has 0 fully saturated rings. The zero-order valence-corrected chi connectivity index (χ0v) is 10.9. The number of hydrogen-bond donors (Lipinski definition) is 2. The highest BCUT2D eigenvalue weighted by Gasteiger charge is 2.14. The molecule has 0 aromatic heterocycles. The van der Waals surface area contributed by atoms with Crippen molar-refractivity contribution in [3.8, 4) is 6.07 Å². The maximum Gasteiger partial charge on any atom is 0.0992 e. The van der Waals surface area contributed by atoms with Crippen LogP contribution in [0.4, 0.5) is 5.69 Å². The van der Waals surface area contributed by atoms with E-state index in [1.54, 1.807) is 25.1 Å². The summed E-state index contributed by atoms with van der Waals surface area (Å²) in [4.78, 5) is 2.07. The van der Waals surface area contributed by atoms with Crippen molar-refractivity contribution in [2.75, 3.05) is 24.6 Å². The second kappa shape index (κ2) is 7.00. The third kappa shape index (κ3) is 3.46. The van der Waals surface area contributed by atoms with Crippen LogP contribution in [0, 0.1) is 11.3 Å². The summed E-state index contributed by atoms with van der Waals surface area (Å²) in [5.74, 6) is 0. The fourth-order valence-corrected chi connectivity index (χ4v) is 1.95. The lowest BCUT2D eigenvalue weighted by Crippen LogP contribution is -2.26. The summed E-state index contributed by atoms with van der Waals surface area (Å²) >= 11 is 0. The van der Waals surface area contributed by atoms with Crippen LogP contribution in [-0.2, 0) is 0 Å². The average molecular weight is 248 g/mol. The number of aliphatic hydroxyl groups is 2. The summed E-state index contributed by atoms with van der Waals surface area (Å²) in [5, 5.41) is 27.6. The van der Waals surface area contributed by atoms with Crippen LogP contribution in [0.3, 0.4) is 0 Å². The molecule has 1 aromatic carbocycles. The summed E-state index contributed by atoms with van der Waals surface area (Å²) in [6, 6.07) is 7.41. The van der Waals surface area contributed by atoms with Crippen molar-refractivity contribution in [1.29, 1.82) is 5.26 Å². The highest BCUT2D eigenvalue weighted by atomic mass is 16.3. The molecule has 1 aromatic rings. The molecule has 0 radical (unpaired) electrons. The molecule has 98 valence electrons. The SMILES string of the molecule is CCN(CCCO)c1cc(C#N)ccc1[C@H](C)O. The third-order valence-corrected chi connectivity index (χ3v) is 2.92. The lowest BCUT2D eigenvalue weighted by molar-refractivity contribution is 0.199. The zero-order chi connectivity index (χ0) is 13.5.